The maximum atomic E-state index is 15.4. The molecule has 2 saturated heterocycles. The zero-order valence-corrected chi connectivity index (χ0v) is 31.3. The van der Waals surface area contributed by atoms with Gasteiger partial charge in [0.2, 0.25) is 11.8 Å². The van der Waals surface area contributed by atoms with Crippen molar-refractivity contribution in [2.75, 3.05) is 17.4 Å². The third-order valence-electron chi connectivity index (χ3n) is 11.2. The fraction of sp³-hybridized carbons (Fsp3) is 0.231. The number of halogens is 3. The smallest absolute Gasteiger partial charge is 0.269 e. The number of benzene rings is 4. The summed E-state index contributed by atoms with van der Waals surface area (Å²) in [5, 5.41) is 24.4. The number of amides is 4. The number of hydrogen-bond donors (Lipinski definition) is 2. The van der Waals surface area contributed by atoms with Crippen LogP contribution in [0.3, 0.4) is 0 Å². The standard InChI is InChI=1S/C39H29BrCl2N4O8/c1-54-24-10-2-19(3-11-24)39-29(36(49)45(38(39)51)43-31-14-5-21(41)17-30(31)42)18-27-25(34(39)28-16-20(40)4-15-32(28)47)12-13-26-33(27)37(50)44(35(26)48)22-6-8-23(9-7-22)46(52)53/h2-12,14-17,26-27,29,33-34,43,47H,13,18H2,1H3. The lowest BCUT2D eigenvalue weighted by molar-refractivity contribution is -0.384. The molecule has 3 fully saturated rings. The van der Waals surface area contributed by atoms with E-state index in [-0.39, 0.29) is 40.7 Å². The molecule has 274 valence electrons. The van der Waals surface area contributed by atoms with Crippen LogP contribution in [-0.2, 0) is 24.6 Å². The van der Waals surface area contributed by atoms with Crippen molar-refractivity contribution in [3.05, 3.63) is 132 Å². The van der Waals surface area contributed by atoms with Crippen LogP contribution < -0.4 is 15.1 Å². The Morgan fingerprint density at radius 3 is 2.31 bits per heavy atom. The number of hydrogen-bond acceptors (Lipinski definition) is 9. The lowest BCUT2D eigenvalue weighted by atomic mass is 9.49. The minimum absolute atomic E-state index is 0.00845. The van der Waals surface area contributed by atoms with E-state index in [0.717, 1.165) is 9.91 Å². The molecule has 2 N–H and O–H groups in total. The molecule has 1 saturated carbocycles. The van der Waals surface area contributed by atoms with E-state index in [1.165, 1.54) is 43.5 Å². The topological polar surface area (TPSA) is 159 Å². The van der Waals surface area contributed by atoms with Gasteiger partial charge in [0.05, 0.1) is 51.6 Å². The summed E-state index contributed by atoms with van der Waals surface area (Å²) < 4.78 is 6.04. The molecule has 12 nitrogen and oxygen atoms in total. The molecule has 0 aromatic heterocycles. The number of anilines is 2. The molecule has 4 aromatic rings. The predicted molar refractivity (Wildman–Crippen MR) is 202 cm³/mol. The number of carbonyl (C=O) groups is 4. The number of nitrogens with one attached hydrogen (secondary N) is 1. The van der Waals surface area contributed by atoms with Gasteiger partial charge in [0.25, 0.3) is 17.5 Å². The maximum absolute atomic E-state index is 15.4. The molecule has 2 aliphatic carbocycles. The number of imide groups is 2. The van der Waals surface area contributed by atoms with Crippen LogP contribution in [-0.4, -0.2) is 45.8 Å². The molecule has 4 amide bonds. The normalized spacial score (nSPS) is 25.9. The van der Waals surface area contributed by atoms with Gasteiger partial charge in [0.15, 0.2) is 0 Å². The maximum Gasteiger partial charge on any atom is 0.269 e. The van der Waals surface area contributed by atoms with E-state index in [2.05, 4.69) is 21.4 Å². The fourth-order valence-electron chi connectivity index (χ4n) is 8.92. The highest BCUT2D eigenvalue weighted by Gasteiger charge is 2.70. The van der Waals surface area contributed by atoms with Gasteiger partial charge < -0.3 is 9.84 Å². The van der Waals surface area contributed by atoms with Gasteiger partial charge in [0.1, 0.15) is 11.5 Å². The molecule has 8 rings (SSSR count). The van der Waals surface area contributed by atoms with Crippen LogP contribution in [0.5, 0.6) is 11.5 Å². The number of hydrazine groups is 1. The number of methoxy groups -OCH3 is 1. The zero-order chi connectivity index (χ0) is 38.2. The van der Waals surface area contributed by atoms with Gasteiger partial charge in [-0.2, -0.15) is 5.01 Å². The number of fused-ring (bicyclic) bond motifs is 4. The number of allylic oxidation sites excluding steroid dienone is 2. The molecule has 4 aliphatic rings. The molecule has 0 radical (unpaired) electrons. The molecular weight excluding hydrogens is 803 g/mol. The molecule has 4 aromatic carbocycles. The van der Waals surface area contributed by atoms with Gasteiger partial charge in [-0.15, -0.1) is 0 Å². The highest BCUT2D eigenvalue weighted by molar-refractivity contribution is 9.10. The summed E-state index contributed by atoms with van der Waals surface area (Å²) in [4.78, 5) is 70.6. The minimum Gasteiger partial charge on any atom is -0.508 e. The van der Waals surface area contributed by atoms with Crippen molar-refractivity contribution in [3.63, 3.8) is 0 Å². The van der Waals surface area contributed by atoms with Crippen molar-refractivity contribution in [3.8, 4) is 11.5 Å². The van der Waals surface area contributed by atoms with E-state index < -0.39 is 63.6 Å². The van der Waals surface area contributed by atoms with E-state index >= 15 is 4.79 Å². The minimum atomic E-state index is -1.66. The summed E-state index contributed by atoms with van der Waals surface area (Å²) in [6, 6.07) is 21.5. The first-order valence-corrected chi connectivity index (χ1v) is 18.5. The number of nitro groups is 1. The summed E-state index contributed by atoms with van der Waals surface area (Å²) >= 11 is 16.2. The summed E-state index contributed by atoms with van der Waals surface area (Å²) in [7, 11) is 1.51. The summed E-state index contributed by atoms with van der Waals surface area (Å²) in [6.45, 7) is 0. The van der Waals surface area contributed by atoms with Crippen LogP contribution in [0.1, 0.15) is 29.9 Å². The van der Waals surface area contributed by atoms with Crippen LogP contribution in [0.2, 0.25) is 10.0 Å². The van der Waals surface area contributed by atoms with E-state index in [1.807, 2.05) is 6.08 Å². The Morgan fingerprint density at radius 2 is 1.65 bits per heavy atom. The Bertz CT molecular complexity index is 2320. The highest BCUT2D eigenvalue weighted by atomic mass is 79.9. The van der Waals surface area contributed by atoms with Gasteiger partial charge >= 0.3 is 0 Å². The number of aromatic hydroxyl groups is 1. The molecule has 0 bridgehead atoms. The van der Waals surface area contributed by atoms with E-state index in [0.29, 0.717) is 31.9 Å². The fourth-order valence-corrected chi connectivity index (χ4v) is 9.75. The van der Waals surface area contributed by atoms with Crippen LogP contribution >= 0.6 is 39.1 Å². The first-order valence-electron chi connectivity index (χ1n) is 16.9. The number of non-ortho nitro benzene ring substituents is 1. The molecule has 54 heavy (non-hydrogen) atoms. The van der Waals surface area contributed by atoms with E-state index in [4.69, 9.17) is 27.9 Å². The van der Waals surface area contributed by atoms with E-state index in [9.17, 15) is 29.6 Å². The number of carbonyl (C=O) groups excluding carboxylic acids is 4. The number of nitrogens with zero attached hydrogens (tertiary/aromatic N) is 3. The second-order valence-corrected chi connectivity index (χ2v) is 15.5. The lowest BCUT2D eigenvalue weighted by Crippen LogP contribution is -2.53. The van der Waals surface area contributed by atoms with Gasteiger partial charge in [-0.3, -0.25) is 39.6 Å². The highest BCUT2D eigenvalue weighted by Crippen LogP contribution is 2.65. The summed E-state index contributed by atoms with van der Waals surface area (Å²) in [5.41, 5.74) is 2.99. The predicted octanol–water partition coefficient (Wildman–Crippen LogP) is 7.57. The zero-order valence-electron chi connectivity index (χ0n) is 28.2. The van der Waals surface area contributed by atoms with Crippen molar-refractivity contribution in [2.24, 2.45) is 23.7 Å². The van der Waals surface area contributed by atoms with Crippen LogP contribution in [0, 0.1) is 33.8 Å². The van der Waals surface area contributed by atoms with E-state index in [1.54, 1.807) is 48.5 Å². The average Bonchev–Trinajstić information content (AvgIpc) is 3.54. The number of nitro benzene ring substituents is 1. The molecule has 6 atom stereocenters. The Kier molecular flexibility index (Phi) is 8.78. The Morgan fingerprint density at radius 1 is 0.926 bits per heavy atom. The summed E-state index contributed by atoms with van der Waals surface area (Å²) in [5.74, 6) is -6.30. The molecule has 2 heterocycles. The first kappa shape index (κ1) is 35.8. The Labute approximate surface area is 326 Å². The monoisotopic (exact) mass is 830 g/mol. The third kappa shape index (κ3) is 5.31. The van der Waals surface area contributed by atoms with Gasteiger partial charge in [-0.05, 0) is 85.0 Å². The largest absolute Gasteiger partial charge is 0.508 e. The number of phenolic OH excluding ortho intramolecular Hbond substituents is 1. The van der Waals surface area contributed by atoms with Crippen molar-refractivity contribution >= 4 is 79.8 Å². The van der Waals surface area contributed by atoms with Gasteiger partial charge in [-0.1, -0.05) is 62.9 Å². The molecule has 2 aliphatic heterocycles. The number of phenols is 1. The number of ether oxygens (including phenoxy) is 1. The lowest BCUT2D eigenvalue weighted by Gasteiger charge is -2.50. The Balaban J connectivity index is 1.32. The van der Waals surface area contributed by atoms with Crippen LogP contribution in [0.4, 0.5) is 17.1 Å². The first-order chi connectivity index (χ1) is 25.9. The van der Waals surface area contributed by atoms with Crippen molar-refractivity contribution < 1.29 is 33.9 Å². The molecule has 6 unspecified atom stereocenters. The molecule has 0 spiro atoms. The SMILES string of the molecule is COc1ccc(C23C(=O)N(Nc4ccc(Cl)cc4Cl)C(=O)C2CC2C(=CCC4C(=O)N(c5ccc([N+](=O)[O-])cc5)C(=O)C42)C3c2cc(Br)ccc2O)cc1. The van der Waals surface area contributed by atoms with Crippen LogP contribution in [0.15, 0.2) is 101 Å². The third-order valence-corrected chi connectivity index (χ3v) is 12.2. The van der Waals surface area contributed by atoms with Crippen molar-refractivity contribution in [2.45, 2.75) is 24.2 Å². The second kappa shape index (κ2) is 13.3. The Hall–Kier alpha value is -5.24. The molecular formula is C39H29BrCl2N4O8. The van der Waals surface area contributed by atoms with Crippen molar-refractivity contribution in [1.82, 2.24) is 5.01 Å². The average molecular weight is 832 g/mol. The van der Waals surface area contributed by atoms with Gasteiger partial charge in [-0.25, -0.2) is 0 Å². The number of rotatable bonds is 7. The van der Waals surface area contributed by atoms with Crippen LogP contribution in [0.25, 0.3) is 0 Å². The molecule has 15 heteroatoms. The van der Waals surface area contributed by atoms with Gasteiger partial charge in [0, 0.05) is 33.1 Å². The quantitative estimate of drug-likeness (QED) is 0.0829. The van der Waals surface area contributed by atoms with Crippen molar-refractivity contribution in [1.29, 1.82) is 0 Å². The second-order valence-electron chi connectivity index (χ2n) is 13.7. The summed E-state index contributed by atoms with van der Waals surface area (Å²) in [6.07, 6.45) is 2.02.